The molecule has 3 aromatic rings. The fourth-order valence-corrected chi connectivity index (χ4v) is 3.37. The van der Waals surface area contributed by atoms with Crippen molar-refractivity contribution in [3.05, 3.63) is 84.2 Å². The first-order valence-electron chi connectivity index (χ1n) is 10.2. The molecule has 0 aliphatic carbocycles. The Morgan fingerprint density at radius 1 is 1.21 bits per heavy atom. The molecule has 174 valence electrons. The summed E-state index contributed by atoms with van der Waals surface area (Å²) in [4.78, 5) is 19.7. The zero-order chi connectivity index (χ0) is 24.3. The van der Waals surface area contributed by atoms with Gasteiger partial charge in [-0.05, 0) is 54.0 Å². The van der Waals surface area contributed by atoms with Crippen molar-refractivity contribution in [3.8, 4) is 11.1 Å². The molecule has 1 aliphatic rings. The smallest absolute Gasteiger partial charge is 0.409 e. The van der Waals surface area contributed by atoms with Crippen molar-refractivity contribution in [2.75, 3.05) is 10.3 Å². The van der Waals surface area contributed by atoms with Gasteiger partial charge in [-0.15, -0.1) is 0 Å². The molecule has 10 heteroatoms. The highest BCUT2D eigenvalue weighted by molar-refractivity contribution is 5.86. The van der Waals surface area contributed by atoms with E-state index in [1.165, 1.54) is 23.5 Å². The molecule has 0 bridgehead atoms. The minimum absolute atomic E-state index is 0.201. The number of hydrogen-bond acceptors (Lipinski definition) is 6. The lowest BCUT2D eigenvalue weighted by atomic mass is 10.0. The summed E-state index contributed by atoms with van der Waals surface area (Å²) in [5, 5.41) is 13.2. The predicted molar refractivity (Wildman–Crippen MR) is 123 cm³/mol. The number of carbonyl (C=O) groups is 1. The predicted octanol–water partition coefficient (Wildman–Crippen LogP) is 5.06. The number of nitrogens with zero attached hydrogens (tertiary/aromatic N) is 3. The number of aliphatic carboxylic acids is 1. The van der Waals surface area contributed by atoms with Gasteiger partial charge in [0.15, 0.2) is 5.82 Å². The Morgan fingerprint density at radius 3 is 2.71 bits per heavy atom. The Labute approximate surface area is 193 Å². The standard InChI is InChI=1S/C24H20F3N5O2/c1-15-4-2-7-18(12-15)29-23-28-14-19(17-6-3-5-16(13-17)8-9-21(33)34)22(30-23)32-11-10-20(31-32)24(25,26)27/h2-14,20,31H,1H3,(H,33,34)(H,28,29,30)/b9-8+. The molecular formula is C24H20F3N5O2. The van der Waals surface area contributed by atoms with Crippen LogP contribution in [0.25, 0.3) is 17.2 Å². The maximum absolute atomic E-state index is 13.2. The lowest BCUT2D eigenvalue weighted by molar-refractivity contribution is -0.142. The summed E-state index contributed by atoms with van der Waals surface area (Å²) in [5.74, 6) is -0.685. The molecule has 1 unspecified atom stereocenters. The van der Waals surface area contributed by atoms with Crippen LogP contribution in [0.2, 0.25) is 0 Å². The van der Waals surface area contributed by atoms with Gasteiger partial charge >= 0.3 is 12.1 Å². The third kappa shape index (κ3) is 5.41. The molecule has 0 spiro atoms. The molecule has 0 saturated carbocycles. The first-order chi connectivity index (χ1) is 16.2. The molecule has 1 aromatic heterocycles. The summed E-state index contributed by atoms with van der Waals surface area (Å²) in [5.41, 5.74) is 5.82. The van der Waals surface area contributed by atoms with Gasteiger partial charge in [-0.25, -0.2) is 15.2 Å². The molecule has 2 heterocycles. The molecule has 0 amide bonds. The zero-order valence-corrected chi connectivity index (χ0v) is 17.9. The Balaban J connectivity index is 1.73. The average molecular weight is 467 g/mol. The third-order valence-electron chi connectivity index (χ3n) is 4.95. The van der Waals surface area contributed by atoms with E-state index in [1.54, 1.807) is 24.3 Å². The van der Waals surface area contributed by atoms with Crippen LogP contribution in [0.15, 0.2) is 73.1 Å². The molecule has 0 saturated heterocycles. The molecule has 34 heavy (non-hydrogen) atoms. The van der Waals surface area contributed by atoms with Crippen LogP contribution in [-0.4, -0.2) is 33.3 Å². The van der Waals surface area contributed by atoms with Crippen LogP contribution in [0.1, 0.15) is 11.1 Å². The number of nitrogens with one attached hydrogen (secondary N) is 2. The van der Waals surface area contributed by atoms with E-state index in [9.17, 15) is 18.0 Å². The summed E-state index contributed by atoms with van der Waals surface area (Å²) in [7, 11) is 0. The maximum Gasteiger partial charge on any atom is 0.409 e. The number of aromatic nitrogens is 2. The summed E-state index contributed by atoms with van der Waals surface area (Å²) in [6.45, 7) is 1.93. The summed E-state index contributed by atoms with van der Waals surface area (Å²) >= 11 is 0. The van der Waals surface area contributed by atoms with E-state index >= 15 is 0 Å². The van der Waals surface area contributed by atoms with Crippen molar-refractivity contribution in [2.45, 2.75) is 19.1 Å². The highest BCUT2D eigenvalue weighted by atomic mass is 19.4. The van der Waals surface area contributed by atoms with Crippen molar-refractivity contribution in [1.82, 2.24) is 15.4 Å². The number of halogens is 3. The number of carboxylic acids is 1. The SMILES string of the molecule is Cc1cccc(Nc2ncc(-c3cccc(/C=C/C(=O)O)c3)c(N3C=CC(C(F)(F)F)N3)n2)c1. The van der Waals surface area contributed by atoms with E-state index in [-0.39, 0.29) is 11.8 Å². The van der Waals surface area contributed by atoms with Crippen LogP contribution in [0.3, 0.4) is 0 Å². The van der Waals surface area contributed by atoms with E-state index < -0.39 is 18.2 Å². The second-order valence-corrected chi connectivity index (χ2v) is 7.58. The van der Waals surface area contributed by atoms with Gasteiger partial charge in [0, 0.05) is 29.7 Å². The second kappa shape index (κ2) is 9.36. The van der Waals surface area contributed by atoms with Crippen LogP contribution < -0.4 is 15.8 Å². The summed E-state index contributed by atoms with van der Waals surface area (Å²) < 4.78 is 39.7. The minimum atomic E-state index is -4.47. The number of alkyl halides is 3. The lowest BCUT2D eigenvalue weighted by Crippen LogP contribution is -2.44. The molecule has 0 fully saturated rings. The molecule has 3 N–H and O–H groups in total. The van der Waals surface area contributed by atoms with Crippen molar-refractivity contribution in [1.29, 1.82) is 0 Å². The highest BCUT2D eigenvalue weighted by Crippen LogP contribution is 2.33. The number of hydrazine groups is 1. The number of rotatable bonds is 6. The number of benzene rings is 2. The van der Waals surface area contributed by atoms with Gasteiger partial charge in [0.2, 0.25) is 5.95 Å². The number of carboxylic acid groups (broad SMARTS) is 1. The molecule has 0 radical (unpaired) electrons. The van der Waals surface area contributed by atoms with Gasteiger partial charge in [0.1, 0.15) is 6.04 Å². The molecule has 1 aliphatic heterocycles. The van der Waals surface area contributed by atoms with Gasteiger partial charge in [0.05, 0.1) is 0 Å². The number of aryl methyl sites for hydroxylation is 1. The van der Waals surface area contributed by atoms with Gasteiger partial charge in [-0.1, -0.05) is 30.3 Å². The normalized spacial score (nSPS) is 15.8. The van der Waals surface area contributed by atoms with Crippen LogP contribution in [0, 0.1) is 6.92 Å². The van der Waals surface area contributed by atoms with Crippen LogP contribution in [0.4, 0.5) is 30.6 Å². The fourth-order valence-electron chi connectivity index (χ4n) is 3.37. The van der Waals surface area contributed by atoms with Crippen LogP contribution in [-0.2, 0) is 4.79 Å². The van der Waals surface area contributed by atoms with E-state index in [4.69, 9.17) is 5.11 Å². The Bertz CT molecular complexity index is 1270. The molecule has 7 nitrogen and oxygen atoms in total. The van der Waals surface area contributed by atoms with E-state index in [0.717, 1.165) is 23.4 Å². The largest absolute Gasteiger partial charge is 0.478 e. The van der Waals surface area contributed by atoms with Crippen LogP contribution in [0.5, 0.6) is 0 Å². The second-order valence-electron chi connectivity index (χ2n) is 7.58. The van der Waals surface area contributed by atoms with Gasteiger partial charge in [-0.3, -0.25) is 5.01 Å². The Morgan fingerprint density at radius 2 is 2.00 bits per heavy atom. The molecular weight excluding hydrogens is 447 g/mol. The first kappa shape index (κ1) is 23.0. The van der Waals surface area contributed by atoms with Crippen LogP contribution >= 0.6 is 0 Å². The van der Waals surface area contributed by atoms with E-state index in [1.807, 2.05) is 31.2 Å². The lowest BCUT2D eigenvalue weighted by Gasteiger charge is -2.23. The third-order valence-corrected chi connectivity index (χ3v) is 4.95. The fraction of sp³-hybridized carbons (Fsp3) is 0.125. The van der Waals surface area contributed by atoms with Crippen molar-refractivity contribution in [3.63, 3.8) is 0 Å². The first-order valence-corrected chi connectivity index (χ1v) is 10.2. The number of hydrogen-bond donors (Lipinski definition) is 3. The molecule has 2 aromatic carbocycles. The van der Waals surface area contributed by atoms with Gasteiger partial charge < -0.3 is 10.4 Å². The average Bonchev–Trinajstić information content (AvgIpc) is 3.29. The monoisotopic (exact) mass is 467 g/mol. The van der Waals surface area contributed by atoms with E-state index in [2.05, 4.69) is 20.7 Å². The topological polar surface area (TPSA) is 90.4 Å². The molecule has 1 atom stereocenters. The van der Waals surface area contributed by atoms with Crippen molar-refractivity contribution < 1.29 is 23.1 Å². The van der Waals surface area contributed by atoms with Crippen molar-refractivity contribution in [2.24, 2.45) is 0 Å². The summed E-state index contributed by atoms with van der Waals surface area (Å²) in [6, 6.07) is 12.5. The zero-order valence-electron chi connectivity index (χ0n) is 17.9. The highest BCUT2D eigenvalue weighted by Gasteiger charge is 2.41. The van der Waals surface area contributed by atoms with Crippen molar-refractivity contribution >= 4 is 29.5 Å². The molecule has 4 rings (SSSR count). The quantitative estimate of drug-likeness (QED) is 0.437. The summed E-state index contributed by atoms with van der Waals surface area (Å²) in [6.07, 6.45) is 1.75. The van der Waals surface area contributed by atoms with Gasteiger partial charge in [0.25, 0.3) is 0 Å². The van der Waals surface area contributed by atoms with E-state index in [0.29, 0.717) is 16.7 Å². The number of anilines is 3. The maximum atomic E-state index is 13.2. The van der Waals surface area contributed by atoms with Gasteiger partial charge in [-0.2, -0.15) is 18.2 Å². The Hall–Kier alpha value is -4.18. The Kier molecular flexibility index (Phi) is 6.33. The minimum Gasteiger partial charge on any atom is -0.478 e.